The molecule has 2 aliphatic heterocycles. The number of nitrogens with one attached hydrogen (secondary N) is 1. The van der Waals surface area contributed by atoms with Crippen LogP contribution >= 0.6 is 0 Å². The zero-order valence-corrected chi connectivity index (χ0v) is 16.6. The average molecular weight is 396 g/mol. The van der Waals surface area contributed by atoms with Gasteiger partial charge in [0.05, 0.1) is 19.8 Å². The maximum absolute atomic E-state index is 13.0. The SMILES string of the molecule is O=C(NCCCN1CCOCC1)C1Cn2cccc2C(=O)N1Cc1ccccc1. The fraction of sp³-hybridized carbons (Fsp3) is 0.455. The topological polar surface area (TPSA) is 66.8 Å². The van der Waals surface area contributed by atoms with E-state index in [-0.39, 0.29) is 11.8 Å². The summed E-state index contributed by atoms with van der Waals surface area (Å²) in [6.45, 7) is 5.93. The van der Waals surface area contributed by atoms with Crippen LogP contribution in [0.15, 0.2) is 48.7 Å². The third-order valence-corrected chi connectivity index (χ3v) is 5.61. The standard InChI is InChI=1S/C22H28N4O3/c27-21(23-9-5-10-24-12-14-29-15-13-24)20-17-25-11-4-8-19(25)22(28)26(20)16-18-6-2-1-3-7-18/h1-4,6-8,11,20H,5,9-10,12-17H2,(H,23,27). The van der Waals surface area contributed by atoms with Crippen molar-refractivity contribution in [3.63, 3.8) is 0 Å². The lowest BCUT2D eigenvalue weighted by molar-refractivity contribution is -0.126. The molecule has 4 rings (SSSR count). The van der Waals surface area contributed by atoms with Gasteiger partial charge in [-0.25, -0.2) is 0 Å². The molecule has 0 spiro atoms. The maximum atomic E-state index is 13.0. The summed E-state index contributed by atoms with van der Waals surface area (Å²) < 4.78 is 7.24. The third-order valence-electron chi connectivity index (χ3n) is 5.61. The van der Waals surface area contributed by atoms with E-state index >= 15 is 0 Å². The highest BCUT2D eigenvalue weighted by atomic mass is 16.5. The van der Waals surface area contributed by atoms with Crippen molar-refractivity contribution < 1.29 is 14.3 Å². The van der Waals surface area contributed by atoms with Gasteiger partial charge in [-0.15, -0.1) is 0 Å². The van der Waals surface area contributed by atoms with E-state index in [0.717, 1.165) is 44.8 Å². The molecule has 0 bridgehead atoms. The van der Waals surface area contributed by atoms with Crippen LogP contribution < -0.4 is 5.32 Å². The van der Waals surface area contributed by atoms with E-state index in [4.69, 9.17) is 4.74 Å². The Labute approximate surface area is 171 Å². The summed E-state index contributed by atoms with van der Waals surface area (Å²) in [4.78, 5) is 30.1. The van der Waals surface area contributed by atoms with E-state index in [1.54, 1.807) is 4.90 Å². The van der Waals surface area contributed by atoms with Gasteiger partial charge in [-0.3, -0.25) is 14.5 Å². The van der Waals surface area contributed by atoms with Crippen LogP contribution in [0.25, 0.3) is 0 Å². The molecule has 2 aromatic rings. The fourth-order valence-electron chi connectivity index (χ4n) is 3.98. The van der Waals surface area contributed by atoms with Gasteiger partial charge in [0.25, 0.3) is 5.91 Å². The van der Waals surface area contributed by atoms with Gasteiger partial charge < -0.3 is 19.5 Å². The first-order chi connectivity index (χ1) is 14.2. The van der Waals surface area contributed by atoms with Crippen molar-refractivity contribution in [3.8, 4) is 0 Å². The molecule has 1 saturated heterocycles. The van der Waals surface area contributed by atoms with Crippen LogP contribution in [-0.2, 0) is 22.6 Å². The first-order valence-electron chi connectivity index (χ1n) is 10.3. The summed E-state index contributed by atoms with van der Waals surface area (Å²) in [5.74, 6) is -0.186. The molecule has 0 saturated carbocycles. The summed E-state index contributed by atoms with van der Waals surface area (Å²) in [7, 11) is 0. The molecule has 0 aliphatic carbocycles. The predicted molar refractivity (Wildman–Crippen MR) is 109 cm³/mol. The van der Waals surface area contributed by atoms with E-state index in [0.29, 0.717) is 25.3 Å². The van der Waals surface area contributed by atoms with E-state index in [1.807, 2.05) is 53.2 Å². The first kappa shape index (κ1) is 19.7. The van der Waals surface area contributed by atoms with Crippen molar-refractivity contribution >= 4 is 11.8 Å². The zero-order chi connectivity index (χ0) is 20.1. The number of fused-ring (bicyclic) bond motifs is 1. The predicted octanol–water partition coefficient (Wildman–Crippen LogP) is 1.35. The van der Waals surface area contributed by atoms with Crippen LogP contribution in [0.5, 0.6) is 0 Å². The lowest BCUT2D eigenvalue weighted by atomic mass is 10.1. The molecule has 0 radical (unpaired) electrons. The summed E-state index contributed by atoms with van der Waals surface area (Å²) in [5, 5.41) is 3.05. The number of rotatable bonds is 7. The highest BCUT2D eigenvalue weighted by molar-refractivity contribution is 5.97. The lowest BCUT2D eigenvalue weighted by Gasteiger charge is -2.36. The molecular weight excluding hydrogens is 368 g/mol. The Hall–Kier alpha value is -2.64. The van der Waals surface area contributed by atoms with Gasteiger partial charge in [0.1, 0.15) is 11.7 Å². The lowest BCUT2D eigenvalue weighted by Crippen LogP contribution is -2.54. The minimum atomic E-state index is -0.508. The molecule has 1 atom stereocenters. The summed E-state index contributed by atoms with van der Waals surface area (Å²) in [6.07, 6.45) is 2.76. The number of amides is 2. The number of benzene rings is 1. The second-order valence-electron chi connectivity index (χ2n) is 7.58. The molecular formula is C22H28N4O3. The van der Waals surface area contributed by atoms with Crippen LogP contribution in [0.1, 0.15) is 22.5 Å². The zero-order valence-electron chi connectivity index (χ0n) is 16.6. The van der Waals surface area contributed by atoms with Crippen molar-refractivity contribution in [1.82, 2.24) is 19.7 Å². The molecule has 1 N–H and O–H groups in total. The van der Waals surface area contributed by atoms with Crippen LogP contribution in [-0.4, -0.2) is 71.6 Å². The second kappa shape index (κ2) is 9.24. The highest BCUT2D eigenvalue weighted by Crippen LogP contribution is 2.21. The molecule has 1 aromatic heterocycles. The second-order valence-corrected chi connectivity index (χ2v) is 7.58. The van der Waals surface area contributed by atoms with E-state index in [2.05, 4.69) is 10.2 Å². The van der Waals surface area contributed by atoms with Gasteiger partial charge in [-0.1, -0.05) is 30.3 Å². The van der Waals surface area contributed by atoms with Gasteiger partial charge in [-0.2, -0.15) is 0 Å². The molecule has 1 aromatic carbocycles. The van der Waals surface area contributed by atoms with Gasteiger partial charge >= 0.3 is 0 Å². The molecule has 2 amide bonds. The Kier molecular flexibility index (Phi) is 6.27. The molecule has 29 heavy (non-hydrogen) atoms. The maximum Gasteiger partial charge on any atom is 0.271 e. The molecule has 7 nitrogen and oxygen atoms in total. The number of nitrogens with zero attached hydrogens (tertiary/aromatic N) is 3. The smallest absolute Gasteiger partial charge is 0.271 e. The third kappa shape index (κ3) is 4.68. The molecule has 1 fully saturated rings. The Balaban J connectivity index is 1.38. The number of hydrogen-bond acceptors (Lipinski definition) is 4. The van der Waals surface area contributed by atoms with Crippen molar-refractivity contribution in [2.45, 2.75) is 25.6 Å². The van der Waals surface area contributed by atoms with E-state index in [9.17, 15) is 9.59 Å². The van der Waals surface area contributed by atoms with Gasteiger partial charge in [0.2, 0.25) is 5.91 Å². The van der Waals surface area contributed by atoms with Crippen molar-refractivity contribution in [2.75, 3.05) is 39.4 Å². The number of carbonyl (C=O) groups excluding carboxylic acids is 2. The Morgan fingerprint density at radius 2 is 1.90 bits per heavy atom. The van der Waals surface area contributed by atoms with Gasteiger partial charge in [0.15, 0.2) is 0 Å². The average Bonchev–Trinajstić information content (AvgIpc) is 3.23. The molecule has 3 heterocycles. The fourth-order valence-corrected chi connectivity index (χ4v) is 3.98. The van der Waals surface area contributed by atoms with Gasteiger partial charge in [-0.05, 0) is 30.7 Å². The van der Waals surface area contributed by atoms with E-state index in [1.165, 1.54) is 0 Å². The number of aromatic nitrogens is 1. The van der Waals surface area contributed by atoms with Crippen LogP contribution in [0.2, 0.25) is 0 Å². The van der Waals surface area contributed by atoms with Gasteiger partial charge in [0, 0.05) is 32.4 Å². The monoisotopic (exact) mass is 396 g/mol. The van der Waals surface area contributed by atoms with Crippen molar-refractivity contribution in [1.29, 1.82) is 0 Å². The summed E-state index contributed by atoms with van der Waals surface area (Å²) in [6, 6.07) is 13.0. The quantitative estimate of drug-likeness (QED) is 0.718. The number of ether oxygens (including phenoxy) is 1. The van der Waals surface area contributed by atoms with Crippen LogP contribution in [0.3, 0.4) is 0 Å². The molecule has 2 aliphatic rings. The normalized spacial score (nSPS) is 19.8. The summed E-state index contributed by atoms with van der Waals surface area (Å²) in [5.41, 5.74) is 1.66. The summed E-state index contributed by atoms with van der Waals surface area (Å²) >= 11 is 0. The van der Waals surface area contributed by atoms with E-state index < -0.39 is 6.04 Å². The Morgan fingerprint density at radius 3 is 2.69 bits per heavy atom. The first-order valence-corrected chi connectivity index (χ1v) is 10.3. The molecule has 154 valence electrons. The Bertz CT molecular complexity index is 830. The largest absolute Gasteiger partial charge is 0.379 e. The molecule has 1 unspecified atom stereocenters. The van der Waals surface area contributed by atoms with Crippen LogP contribution in [0, 0.1) is 0 Å². The Morgan fingerprint density at radius 1 is 1.10 bits per heavy atom. The number of hydrogen-bond donors (Lipinski definition) is 1. The highest BCUT2D eigenvalue weighted by Gasteiger charge is 2.36. The minimum Gasteiger partial charge on any atom is -0.379 e. The minimum absolute atomic E-state index is 0.0874. The van der Waals surface area contributed by atoms with Crippen LogP contribution in [0.4, 0.5) is 0 Å². The van der Waals surface area contributed by atoms with Crippen molar-refractivity contribution in [3.05, 3.63) is 59.9 Å². The molecule has 7 heteroatoms. The number of carbonyl (C=O) groups is 2. The number of morpholine rings is 1. The van der Waals surface area contributed by atoms with Crippen molar-refractivity contribution in [2.24, 2.45) is 0 Å².